The number of hydrogen-bond acceptors (Lipinski definition) is 5. The molecule has 1 atom stereocenters. The molecule has 1 aliphatic rings. The molecule has 1 fully saturated rings. The van der Waals surface area contributed by atoms with Crippen LogP contribution >= 0.6 is 11.8 Å². The summed E-state index contributed by atoms with van der Waals surface area (Å²) < 4.78 is 5.36. The average Bonchev–Trinajstić information content (AvgIpc) is 2.78. The van der Waals surface area contributed by atoms with Crippen molar-refractivity contribution in [1.82, 2.24) is 5.32 Å². The Balaban J connectivity index is 1.90. The summed E-state index contributed by atoms with van der Waals surface area (Å²) in [7, 11) is 0. The van der Waals surface area contributed by atoms with E-state index in [4.69, 9.17) is 4.74 Å². The number of aliphatic imine (C=N–C) groups is 1. The van der Waals surface area contributed by atoms with Crippen LogP contribution < -0.4 is 15.4 Å². The van der Waals surface area contributed by atoms with Gasteiger partial charge < -0.3 is 15.4 Å². The molecule has 0 aromatic heterocycles. The van der Waals surface area contributed by atoms with Crippen molar-refractivity contribution in [2.75, 3.05) is 11.9 Å². The summed E-state index contributed by atoms with van der Waals surface area (Å²) in [5, 5.41) is 5.65. The molecule has 1 aliphatic heterocycles. The SMILES string of the molecule is CCOc1ccc(NC(=O)C[C@@H]2SC(=NC(C)(C)C)NC2=O)cc1. The predicted octanol–water partition coefficient (Wildman–Crippen LogP) is 2.80. The van der Waals surface area contributed by atoms with Gasteiger partial charge in [-0.1, -0.05) is 11.8 Å². The smallest absolute Gasteiger partial charge is 0.240 e. The van der Waals surface area contributed by atoms with Crippen LogP contribution in [0.4, 0.5) is 5.69 Å². The zero-order valence-corrected chi connectivity index (χ0v) is 15.2. The number of nitrogens with one attached hydrogen (secondary N) is 2. The molecule has 0 saturated carbocycles. The summed E-state index contributed by atoms with van der Waals surface area (Å²) in [4.78, 5) is 28.5. The lowest BCUT2D eigenvalue weighted by Crippen LogP contribution is -2.28. The summed E-state index contributed by atoms with van der Waals surface area (Å²) >= 11 is 1.30. The van der Waals surface area contributed by atoms with Crippen LogP contribution in [0.15, 0.2) is 29.3 Å². The molecule has 0 spiro atoms. The Morgan fingerprint density at radius 1 is 1.33 bits per heavy atom. The van der Waals surface area contributed by atoms with Gasteiger partial charge in [-0.15, -0.1) is 0 Å². The molecule has 1 aromatic rings. The Morgan fingerprint density at radius 3 is 2.58 bits per heavy atom. The molecule has 6 nitrogen and oxygen atoms in total. The van der Waals surface area contributed by atoms with E-state index in [0.29, 0.717) is 17.5 Å². The van der Waals surface area contributed by atoms with Gasteiger partial charge in [0, 0.05) is 12.1 Å². The molecule has 0 aliphatic carbocycles. The highest BCUT2D eigenvalue weighted by atomic mass is 32.2. The van der Waals surface area contributed by atoms with E-state index in [1.165, 1.54) is 11.8 Å². The zero-order chi connectivity index (χ0) is 17.7. The van der Waals surface area contributed by atoms with Crippen molar-refractivity contribution in [1.29, 1.82) is 0 Å². The maximum Gasteiger partial charge on any atom is 0.240 e. The summed E-state index contributed by atoms with van der Waals surface area (Å²) in [6.45, 7) is 8.38. The third kappa shape index (κ3) is 5.56. The molecule has 2 N–H and O–H groups in total. The van der Waals surface area contributed by atoms with Gasteiger partial charge in [0.2, 0.25) is 11.8 Å². The first-order valence-corrected chi connectivity index (χ1v) is 8.75. The second-order valence-electron chi connectivity index (χ2n) is 6.39. The summed E-state index contributed by atoms with van der Waals surface area (Å²) in [6, 6.07) is 7.14. The molecule has 2 amide bonds. The number of thioether (sulfide) groups is 1. The lowest BCUT2D eigenvalue weighted by atomic mass is 10.1. The second kappa shape index (κ2) is 7.70. The van der Waals surface area contributed by atoms with E-state index in [-0.39, 0.29) is 23.8 Å². The van der Waals surface area contributed by atoms with Crippen LogP contribution in [0.2, 0.25) is 0 Å². The third-order valence-electron chi connectivity index (χ3n) is 3.03. The van der Waals surface area contributed by atoms with Crippen molar-refractivity contribution in [2.45, 2.75) is 44.9 Å². The van der Waals surface area contributed by atoms with Crippen molar-refractivity contribution in [3.63, 3.8) is 0 Å². The number of amidine groups is 1. The highest BCUT2D eigenvalue weighted by Gasteiger charge is 2.32. The Kier molecular flexibility index (Phi) is 5.88. The maximum absolute atomic E-state index is 12.1. The van der Waals surface area contributed by atoms with Crippen molar-refractivity contribution < 1.29 is 14.3 Å². The predicted molar refractivity (Wildman–Crippen MR) is 97.6 cm³/mol. The summed E-state index contributed by atoms with van der Waals surface area (Å²) in [5.74, 6) is 0.373. The highest BCUT2D eigenvalue weighted by molar-refractivity contribution is 8.15. The fraction of sp³-hybridized carbons (Fsp3) is 0.471. The number of hydrogen-bond donors (Lipinski definition) is 2. The molecule has 2 rings (SSSR count). The van der Waals surface area contributed by atoms with Gasteiger partial charge in [0.15, 0.2) is 5.17 Å². The van der Waals surface area contributed by atoms with E-state index < -0.39 is 5.25 Å². The number of benzene rings is 1. The normalized spacial score (nSPS) is 19.2. The minimum atomic E-state index is -0.450. The molecule has 7 heteroatoms. The maximum atomic E-state index is 12.1. The largest absolute Gasteiger partial charge is 0.494 e. The van der Waals surface area contributed by atoms with Gasteiger partial charge in [-0.3, -0.25) is 14.6 Å². The molecule has 0 unspecified atom stereocenters. The molecule has 1 aromatic carbocycles. The van der Waals surface area contributed by atoms with E-state index in [9.17, 15) is 9.59 Å². The van der Waals surface area contributed by atoms with Gasteiger partial charge in [-0.05, 0) is 52.0 Å². The number of anilines is 1. The lowest BCUT2D eigenvalue weighted by molar-refractivity contribution is -0.122. The van der Waals surface area contributed by atoms with Crippen LogP contribution in [-0.2, 0) is 9.59 Å². The highest BCUT2D eigenvalue weighted by Crippen LogP contribution is 2.25. The van der Waals surface area contributed by atoms with Gasteiger partial charge >= 0.3 is 0 Å². The number of ether oxygens (including phenoxy) is 1. The first-order valence-electron chi connectivity index (χ1n) is 7.87. The molecule has 1 heterocycles. The van der Waals surface area contributed by atoms with Crippen LogP contribution in [0.25, 0.3) is 0 Å². The van der Waals surface area contributed by atoms with Crippen LogP contribution in [0.3, 0.4) is 0 Å². The fourth-order valence-electron chi connectivity index (χ4n) is 2.08. The Hall–Kier alpha value is -2.02. The Morgan fingerprint density at radius 2 is 2.00 bits per heavy atom. The average molecular weight is 349 g/mol. The first-order chi connectivity index (χ1) is 11.3. The van der Waals surface area contributed by atoms with Gasteiger partial charge in [-0.2, -0.15) is 0 Å². The van der Waals surface area contributed by atoms with Gasteiger partial charge in [0.25, 0.3) is 0 Å². The number of nitrogens with zero attached hydrogens (tertiary/aromatic N) is 1. The van der Waals surface area contributed by atoms with Crippen molar-refractivity contribution in [2.24, 2.45) is 4.99 Å². The standard InChI is InChI=1S/C17H23N3O3S/c1-5-23-12-8-6-11(7-9-12)18-14(21)10-13-15(22)19-16(24-13)20-17(2,3)4/h6-9,13H,5,10H2,1-4H3,(H,18,21)(H,19,20,22)/t13-/m0/s1. The molecule has 0 radical (unpaired) electrons. The second-order valence-corrected chi connectivity index (χ2v) is 7.58. The van der Waals surface area contributed by atoms with E-state index >= 15 is 0 Å². The quantitative estimate of drug-likeness (QED) is 0.857. The number of amides is 2. The van der Waals surface area contributed by atoms with Crippen LogP contribution in [-0.4, -0.2) is 34.4 Å². The zero-order valence-electron chi connectivity index (χ0n) is 14.4. The third-order valence-corrected chi connectivity index (χ3v) is 4.12. The summed E-state index contributed by atoms with van der Waals surface area (Å²) in [5.41, 5.74) is 0.408. The van der Waals surface area contributed by atoms with E-state index in [1.54, 1.807) is 24.3 Å². The fourth-order valence-corrected chi connectivity index (χ4v) is 3.23. The molecular weight excluding hydrogens is 326 g/mol. The molecule has 0 bridgehead atoms. The minimum Gasteiger partial charge on any atom is -0.494 e. The molecular formula is C17H23N3O3S. The minimum absolute atomic E-state index is 0.104. The van der Waals surface area contributed by atoms with Crippen molar-refractivity contribution in [3.8, 4) is 5.75 Å². The van der Waals surface area contributed by atoms with E-state index in [2.05, 4.69) is 15.6 Å². The van der Waals surface area contributed by atoms with Crippen LogP contribution in [0, 0.1) is 0 Å². The summed E-state index contributed by atoms with van der Waals surface area (Å²) in [6.07, 6.45) is 0.104. The molecule has 130 valence electrons. The van der Waals surface area contributed by atoms with Gasteiger partial charge in [-0.25, -0.2) is 0 Å². The van der Waals surface area contributed by atoms with Gasteiger partial charge in [0.1, 0.15) is 11.0 Å². The van der Waals surface area contributed by atoms with Crippen LogP contribution in [0.1, 0.15) is 34.1 Å². The molecule has 1 saturated heterocycles. The topological polar surface area (TPSA) is 79.8 Å². The molecule has 24 heavy (non-hydrogen) atoms. The number of carbonyl (C=O) groups excluding carboxylic acids is 2. The van der Waals surface area contributed by atoms with Crippen molar-refractivity contribution in [3.05, 3.63) is 24.3 Å². The van der Waals surface area contributed by atoms with E-state index in [1.807, 2.05) is 27.7 Å². The van der Waals surface area contributed by atoms with E-state index in [0.717, 1.165) is 5.75 Å². The first kappa shape index (κ1) is 18.3. The van der Waals surface area contributed by atoms with Crippen molar-refractivity contribution >= 4 is 34.4 Å². The van der Waals surface area contributed by atoms with Gasteiger partial charge in [0.05, 0.1) is 12.1 Å². The Labute approximate surface area is 146 Å². The monoisotopic (exact) mass is 349 g/mol. The lowest BCUT2D eigenvalue weighted by Gasteiger charge is -2.12. The Bertz CT molecular complexity index is 635. The number of rotatable bonds is 5. The van der Waals surface area contributed by atoms with Crippen LogP contribution in [0.5, 0.6) is 5.75 Å². The number of carbonyl (C=O) groups is 2.